The number of benzene rings is 1. The van der Waals surface area contributed by atoms with E-state index >= 15 is 0 Å². The lowest BCUT2D eigenvalue weighted by atomic mass is 10.1. The number of carbonyl (C=O) groups is 2. The maximum Gasteiger partial charge on any atom is 0.253 e. The third-order valence-corrected chi connectivity index (χ3v) is 4.48. The fourth-order valence-corrected chi connectivity index (χ4v) is 3.00. The minimum atomic E-state index is -0.273. The van der Waals surface area contributed by atoms with Crippen molar-refractivity contribution in [2.75, 3.05) is 11.4 Å². The lowest BCUT2D eigenvalue weighted by Crippen LogP contribution is -2.28. The van der Waals surface area contributed by atoms with Crippen molar-refractivity contribution in [3.63, 3.8) is 0 Å². The van der Waals surface area contributed by atoms with E-state index in [-0.39, 0.29) is 17.9 Å². The standard InChI is InChI=1S/C17H19ClN4O2/c1-11(12-9-19-21(2)10-12)20-17(24)14-8-13(5-6-15(14)18)22-7-3-4-16(22)23/h5-6,8-11H,3-4,7H2,1-2H3,(H,20,24)/t11-/m1/s1. The molecule has 3 rings (SSSR count). The normalized spacial score (nSPS) is 15.6. The van der Waals surface area contributed by atoms with E-state index in [0.29, 0.717) is 29.2 Å². The zero-order chi connectivity index (χ0) is 17.3. The van der Waals surface area contributed by atoms with E-state index < -0.39 is 0 Å². The first-order valence-electron chi connectivity index (χ1n) is 7.85. The molecule has 126 valence electrons. The van der Waals surface area contributed by atoms with Crippen LogP contribution in [0.4, 0.5) is 5.69 Å². The summed E-state index contributed by atoms with van der Waals surface area (Å²) in [6, 6.07) is 4.91. The summed E-state index contributed by atoms with van der Waals surface area (Å²) < 4.78 is 1.69. The predicted octanol–water partition coefficient (Wildman–Crippen LogP) is 2.69. The van der Waals surface area contributed by atoms with Gasteiger partial charge in [-0.2, -0.15) is 5.10 Å². The molecule has 1 N–H and O–H groups in total. The maximum absolute atomic E-state index is 12.6. The zero-order valence-corrected chi connectivity index (χ0v) is 14.4. The molecule has 6 nitrogen and oxygen atoms in total. The Balaban J connectivity index is 1.80. The van der Waals surface area contributed by atoms with Gasteiger partial charge in [0.2, 0.25) is 5.91 Å². The first-order valence-corrected chi connectivity index (χ1v) is 8.23. The molecule has 7 heteroatoms. The number of hydrogen-bond donors (Lipinski definition) is 1. The number of amides is 2. The molecule has 2 heterocycles. The number of aryl methyl sites for hydroxylation is 1. The summed E-state index contributed by atoms with van der Waals surface area (Å²) in [6.45, 7) is 2.56. The Morgan fingerprint density at radius 2 is 2.21 bits per heavy atom. The molecular weight excluding hydrogens is 328 g/mol. The monoisotopic (exact) mass is 346 g/mol. The summed E-state index contributed by atoms with van der Waals surface area (Å²) in [6.07, 6.45) is 4.95. The molecule has 2 amide bonds. The average Bonchev–Trinajstić information content (AvgIpc) is 3.16. The molecule has 1 fully saturated rings. The first-order chi connectivity index (χ1) is 11.5. The number of nitrogens with zero attached hydrogens (tertiary/aromatic N) is 3. The third-order valence-electron chi connectivity index (χ3n) is 4.15. The van der Waals surface area contributed by atoms with Crippen molar-refractivity contribution in [2.45, 2.75) is 25.8 Å². The van der Waals surface area contributed by atoms with E-state index in [2.05, 4.69) is 10.4 Å². The highest BCUT2D eigenvalue weighted by atomic mass is 35.5. The minimum Gasteiger partial charge on any atom is -0.345 e. The van der Waals surface area contributed by atoms with Crippen LogP contribution < -0.4 is 10.2 Å². The van der Waals surface area contributed by atoms with Gasteiger partial charge >= 0.3 is 0 Å². The molecule has 0 radical (unpaired) electrons. The Morgan fingerprint density at radius 1 is 1.42 bits per heavy atom. The Morgan fingerprint density at radius 3 is 2.83 bits per heavy atom. The van der Waals surface area contributed by atoms with E-state index in [4.69, 9.17) is 11.6 Å². The van der Waals surface area contributed by atoms with Gasteiger partial charge in [0.1, 0.15) is 0 Å². The second kappa shape index (κ2) is 6.65. The van der Waals surface area contributed by atoms with Crippen LogP contribution in [-0.4, -0.2) is 28.1 Å². The Labute approximate surface area is 145 Å². The minimum absolute atomic E-state index is 0.0763. The van der Waals surface area contributed by atoms with Gasteiger partial charge in [0.05, 0.1) is 22.8 Å². The number of hydrogen-bond acceptors (Lipinski definition) is 3. The predicted molar refractivity (Wildman–Crippen MR) is 92.1 cm³/mol. The van der Waals surface area contributed by atoms with Crippen LogP contribution in [0.3, 0.4) is 0 Å². The lowest BCUT2D eigenvalue weighted by Gasteiger charge is -2.18. The highest BCUT2D eigenvalue weighted by Gasteiger charge is 2.23. The Bertz CT molecular complexity index is 787. The molecule has 1 aliphatic heterocycles. The van der Waals surface area contributed by atoms with Crippen LogP contribution in [0.25, 0.3) is 0 Å². The van der Waals surface area contributed by atoms with Gasteiger partial charge in [-0.25, -0.2) is 0 Å². The second-order valence-corrected chi connectivity index (χ2v) is 6.36. The van der Waals surface area contributed by atoms with Gasteiger partial charge < -0.3 is 10.2 Å². The molecule has 24 heavy (non-hydrogen) atoms. The van der Waals surface area contributed by atoms with E-state index in [1.807, 2.05) is 20.2 Å². The molecule has 1 aromatic heterocycles. The fraction of sp³-hybridized carbons (Fsp3) is 0.353. The van der Waals surface area contributed by atoms with Crippen molar-refractivity contribution in [2.24, 2.45) is 7.05 Å². The molecule has 1 aromatic carbocycles. The average molecular weight is 347 g/mol. The van der Waals surface area contributed by atoms with Gasteiger partial charge in [-0.05, 0) is 31.5 Å². The molecule has 0 bridgehead atoms. The highest BCUT2D eigenvalue weighted by molar-refractivity contribution is 6.34. The molecule has 0 saturated carbocycles. The number of anilines is 1. The Kier molecular flexibility index (Phi) is 4.57. The number of nitrogens with one attached hydrogen (secondary N) is 1. The van der Waals surface area contributed by atoms with Crippen molar-refractivity contribution in [1.82, 2.24) is 15.1 Å². The van der Waals surface area contributed by atoms with Gasteiger partial charge in [-0.15, -0.1) is 0 Å². The van der Waals surface area contributed by atoms with Crippen molar-refractivity contribution in [1.29, 1.82) is 0 Å². The SMILES string of the molecule is C[C@@H](NC(=O)c1cc(N2CCCC2=O)ccc1Cl)c1cnn(C)c1. The van der Waals surface area contributed by atoms with Crippen LogP contribution >= 0.6 is 11.6 Å². The highest BCUT2D eigenvalue weighted by Crippen LogP contribution is 2.27. The number of halogens is 1. The van der Waals surface area contributed by atoms with Crippen molar-refractivity contribution < 1.29 is 9.59 Å². The van der Waals surface area contributed by atoms with E-state index in [0.717, 1.165) is 12.0 Å². The van der Waals surface area contributed by atoms with Crippen molar-refractivity contribution in [3.8, 4) is 0 Å². The third kappa shape index (κ3) is 3.28. The molecule has 0 spiro atoms. The summed E-state index contributed by atoms with van der Waals surface area (Å²) in [5.41, 5.74) is 1.98. The summed E-state index contributed by atoms with van der Waals surface area (Å²) >= 11 is 6.19. The molecule has 0 aliphatic carbocycles. The van der Waals surface area contributed by atoms with Crippen molar-refractivity contribution in [3.05, 3.63) is 46.7 Å². The van der Waals surface area contributed by atoms with Gasteiger partial charge in [0, 0.05) is 37.5 Å². The Hall–Kier alpha value is -2.34. The van der Waals surface area contributed by atoms with E-state index in [1.165, 1.54) is 0 Å². The maximum atomic E-state index is 12.6. The van der Waals surface area contributed by atoms with Gasteiger partial charge in [-0.3, -0.25) is 14.3 Å². The summed E-state index contributed by atoms with van der Waals surface area (Å²) in [7, 11) is 1.82. The van der Waals surface area contributed by atoms with Gasteiger partial charge in [0.15, 0.2) is 0 Å². The largest absolute Gasteiger partial charge is 0.345 e. The smallest absolute Gasteiger partial charge is 0.253 e. The second-order valence-electron chi connectivity index (χ2n) is 5.96. The first kappa shape index (κ1) is 16.5. The molecule has 0 unspecified atom stereocenters. The van der Waals surface area contributed by atoms with Crippen molar-refractivity contribution >= 4 is 29.1 Å². The summed E-state index contributed by atoms with van der Waals surface area (Å²) in [4.78, 5) is 26.2. The summed E-state index contributed by atoms with van der Waals surface area (Å²) in [5.74, 6) is -0.197. The number of rotatable bonds is 4. The molecule has 1 aliphatic rings. The number of aromatic nitrogens is 2. The number of carbonyl (C=O) groups excluding carboxylic acids is 2. The topological polar surface area (TPSA) is 67.2 Å². The van der Waals surface area contributed by atoms with E-state index in [1.54, 1.807) is 34.0 Å². The molecule has 1 atom stereocenters. The van der Waals surface area contributed by atoms with Gasteiger partial charge in [-0.1, -0.05) is 11.6 Å². The quantitative estimate of drug-likeness (QED) is 0.925. The van der Waals surface area contributed by atoms with E-state index in [9.17, 15) is 9.59 Å². The van der Waals surface area contributed by atoms with Gasteiger partial charge in [0.25, 0.3) is 5.91 Å². The molecule has 1 saturated heterocycles. The summed E-state index contributed by atoms with van der Waals surface area (Å²) in [5, 5.41) is 7.38. The van der Waals surface area contributed by atoms with Crippen LogP contribution in [0.5, 0.6) is 0 Å². The molecular formula is C17H19ClN4O2. The van der Waals surface area contributed by atoms with Crippen LogP contribution in [0, 0.1) is 0 Å². The van der Waals surface area contributed by atoms with Crippen LogP contribution in [0.1, 0.15) is 41.7 Å². The lowest BCUT2D eigenvalue weighted by molar-refractivity contribution is -0.117. The molecule has 2 aromatic rings. The zero-order valence-electron chi connectivity index (χ0n) is 13.6. The van der Waals surface area contributed by atoms with Crippen LogP contribution in [0.2, 0.25) is 5.02 Å². The fourth-order valence-electron chi connectivity index (χ4n) is 2.80. The van der Waals surface area contributed by atoms with Crippen LogP contribution in [-0.2, 0) is 11.8 Å². The van der Waals surface area contributed by atoms with Crippen LogP contribution in [0.15, 0.2) is 30.6 Å².